The van der Waals surface area contributed by atoms with E-state index >= 15 is 0 Å². The molecule has 6 nitrogen and oxygen atoms in total. The molecule has 3 aromatic rings. The van der Waals surface area contributed by atoms with Gasteiger partial charge in [-0.1, -0.05) is 6.07 Å². The molecule has 0 radical (unpaired) electrons. The van der Waals surface area contributed by atoms with E-state index in [1.54, 1.807) is 11.3 Å². The quantitative estimate of drug-likeness (QED) is 0.310. The fourth-order valence-electron chi connectivity index (χ4n) is 2.73. The maximum atomic E-state index is 4.72. The number of imidazole rings is 1. The highest BCUT2D eigenvalue weighted by atomic mass is 127. The highest BCUT2D eigenvalue weighted by molar-refractivity contribution is 14.0. The topological polar surface area (TPSA) is 66.6 Å². The van der Waals surface area contributed by atoms with Crippen molar-refractivity contribution in [3.05, 3.63) is 51.4 Å². The van der Waals surface area contributed by atoms with Gasteiger partial charge in [-0.25, -0.2) is 15.0 Å². The van der Waals surface area contributed by atoms with Crippen LogP contribution in [-0.2, 0) is 13.0 Å². The lowest BCUT2D eigenvalue weighted by molar-refractivity contribution is 0.790. The van der Waals surface area contributed by atoms with Crippen molar-refractivity contribution >= 4 is 46.9 Å². The number of rotatable bonds is 6. The second kappa shape index (κ2) is 10.0. The Labute approximate surface area is 181 Å². The summed E-state index contributed by atoms with van der Waals surface area (Å²) in [5.74, 6) is 0.818. The molecule has 0 atom stereocenters. The molecule has 0 aliphatic carbocycles. The molecule has 0 saturated carbocycles. The number of aryl methyl sites for hydroxylation is 3. The number of halogens is 1. The minimum atomic E-state index is 0. The second-order valence-corrected chi connectivity index (χ2v) is 7.56. The summed E-state index contributed by atoms with van der Waals surface area (Å²) in [6.07, 6.45) is 4.98. The Morgan fingerprint density at radius 3 is 2.70 bits per heavy atom. The van der Waals surface area contributed by atoms with Crippen molar-refractivity contribution in [1.82, 2.24) is 25.0 Å². The molecule has 0 saturated heterocycles. The fraction of sp³-hybridized carbons (Fsp3) is 0.421. The van der Waals surface area contributed by atoms with Crippen molar-refractivity contribution in [2.45, 2.75) is 40.7 Å². The van der Waals surface area contributed by atoms with E-state index < -0.39 is 0 Å². The van der Waals surface area contributed by atoms with E-state index in [1.165, 1.54) is 10.4 Å². The van der Waals surface area contributed by atoms with Crippen LogP contribution >= 0.6 is 35.3 Å². The van der Waals surface area contributed by atoms with Crippen molar-refractivity contribution in [2.75, 3.05) is 13.1 Å². The van der Waals surface area contributed by atoms with Crippen molar-refractivity contribution in [3.8, 4) is 0 Å². The highest BCUT2D eigenvalue weighted by Crippen LogP contribution is 2.17. The van der Waals surface area contributed by atoms with E-state index in [2.05, 4.69) is 58.0 Å². The Hall–Kier alpha value is -1.68. The van der Waals surface area contributed by atoms with E-state index in [0.717, 1.165) is 47.5 Å². The summed E-state index contributed by atoms with van der Waals surface area (Å²) in [6, 6.07) is 4.13. The minimum Gasteiger partial charge on any atom is -0.357 e. The first kappa shape index (κ1) is 21.6. The average Bonchev–Trinajstić information content (AvgIpc) is 3.17. The zero-order valence-corrected chi connectivity index (χ0v) is 19.4. The first-order valence-corrected chi connectivity index (χ1v) is 9.76. The highest BCUT2D eigenvalue weighted by Gasteiger charge is 2.06. The van der Waals surface area contributed by atoms with Gasteiger partial charge in [-0.05, 0) is 39.3 Å². The summed E-state index contributed by atoms with van der Waals surface area (Å²) in [5, 5.41) is 7.72. The summed E-state index contributed by atoms with van der Waals surface area (Å²) in [5.41, 5.74) is 4.39. The SMILES string of the molecule is CCNC(=NCc1nc(C)c(C)s1)NCCc1cn2cccc(C)c2n1.I. The van der Waals surface area contributed by atoms with Crippen molar-refractivity contribution < 1.29 is 0 Å². The molecule has 27 heavy (non-hydrogen) atoms. The van der Waals surface area contributed by atoms with E-state index in [1.807, 2.05) is 19.2 Å². The molecule has 0 unspecified atom stereocenters. The normalized spacial score (nSPS) is 11.5. The third-order valence-electron chi connectivity index (χ3n) is 4.19. The molecule has 0 aliphatic heterocycles. The van der Waals surface area contributed by atoms with E-state index in [0.29, 0.717) is 6.54 Å². The lowest BCUT2D eigenvalue weighted by Crippen LogP contribution is -2.38. The van der Waals surface area contributed by atoms with Gasteiger partial charge in [0, 0.05) is 36.8 Å². The predicted molar refractivity (Wildman–Crippen MR) is 123 cm³/mol. The van der Waals surface area contributed by atoms with E-state index in [4.69, 9.17) is 4.98 Å². The van der Waals surface area contributed by atoms with Gasteiger partial charge in [-0.3, -0.25) is 0 Å². The van der Waals surface area contributed by atoms with Gasteiger partial charge in [0.15, 0.2) is 5.96 Å². The van der Waals surface area contributed by atoms with Crippen LogP contribution in [0.3, 0.4) is 0 Å². The van der Waals surface area contributed by atoms with Crippen LogP contribution in [0.5, 0.6) is 0 Å². The van der Waals surface area contributed by atoms with Gasteiger partial charge in [-0.15, -0.1) is 35.3 Å². The number of nitrogens with zero attached hydrogens (tertiary/aromatic N) is 4. The number of nitrogens with one attached hydrogen (secondary N) is 2. The van der Waals surface area contributed by atoms with Gasteiger partial charge >= 0.3 is 0 Å². The summed E-state index contributed by atoms with van der Waals surface area (Å²) in [4.78, 5) is 15.2. The molecule has 0 spiro atoms. The van der Waals surface area contributed by atoms with E-state index in [-0.39, 0.29) is 24.0 Å². The van der Waals surface area contributed by atoms with Gasteiger partial charge in [0.2, 0.25) is 0 Å². The third kappa shape index (κ3) is 5.65. The third-order valence-corrected chi connectivity index (χ3v) is 5.25. The first-order chi connectivity index (χ1) is 12.6. The first-order valence-electron chi connectivity index (χ1n) is 8.95. The standard InChI is InChI=1S/C19H26N6S.HI/c1-5-20-19(22-11-17-23-14(3)15(4)26-17)21-9-8-16-12-25-10-6-7-13(2)18(25)24-16;/h6-7,10,12H,5,8-9,11H2,1-4H3,(H2,20,21,22);1H. The Balaban J connectivity index is 0.00000261. The Morgan fingerprint density at radius 2 is 2.04 bits per heavy atom. The lowest BCUT2D eigenvalue weighted by atomic mass is 10.3. The van der Waals surface area contributed by atoms with Crippen LogP contribution in [0.15, 0.2) is 29.5 Å². The number of aliphatic imine (C=N–C) groups is 1. The van der Waals surface area contributed by atoms with Gasteiger partial charge in [0.25, 0.3) is 0 Å². The van der Waals surface area contributed by atoms with Crippen molar-refractivity contribution in [1.29, 1.82) is 0 Å². The van der Waals surface area contributed by atoms with Crippen LogP contribution in [0, 0.1) is 20.8 Å². The van der Waals surface area contributed by atoms with Crippen LogP contribution < -0.4 is 10.6 Å². The van der Waals surface area contributed by atoms with Crippen molar-refractivity contribution in [3.63, 3.8) is 0 Å². The van der Waals surface area contributed by atoms with Crippen LogP contribution in [-0.4, -0.2) is 33.4 Å². The molecule has 0 fully saturated rings. The Kier molecular flexibility index (Phi) is 8.03. The number of hydrogen-bond acceptors (Lipinski definition) is 4. The van der Waals surface area contributed by atoms with Crippen LogP contribution in [0.25, 0.3) is 5.65 Å². The van der Waals surface area contributed by atoms with Gasteiger partial charge in [0.1, 0.15) is 10.7 Å². The molecule has 146 valence electrons. The number of thiazole rings is 1. The molecule has 0 aromatic carbocycles. The summed E-state index contributed by atoms with van der Waals surface area (Å²) < 4.78 is 2.08. The number of aromatic nitrogens is 3. The summed E-state index contributed by atoms with van der Waals surface area (Å²) in [6.45, 7) is 10.5. The van der Waals surface area contributed by atoms with Gasteiger partial charge in [0.05, 0.1) is 17.9 Å². The second-order valence-electron chi connectivity index (χ2n) is 6.28. The Bertz CT molecular complexity index is 895. The number of fused-ring (bicyclic) bond motifs is 1. The maximum absolute atomic E-state index is 4.72. The smallest absolute Gasteiger partial charge is 0.191 e. The van der Waals surface area contributed by atoms with Gasteiger partial charge in [-0.2, -0.15) is 0 Å². The molecule has 3 rings (SSSR count). The predicted octanol–water partition coefficient (Wildman–Crippen LogP) is 3.63. The van der Waals surface area contributed by atoms with Crippen LogP contribution in [0.2, 0.25) is 0 Å². The molecule has 8 heteroatoms. The number of pyridine rings is 1. The molecule has 0 aliphatic rings. The fourth-order valence-corrected chi connectivity index (χ4v) is 3.59. The lowest BCUT2D eigenvalue weighted by Gasteiger charge is -2.10. The van der Waals surface area contributed by atoms with Crippen LogP contribution in [0.4, 0.5) is 0 Å². The maximum Gasteiger partial charge on any atom is 0.191 e. The molecular weight excluding hydrogens is 471 g/mol. The van der Waals surface area contributed by atoms with Gasteiger partial charge < -0.3 is 15.0 Å². The van der Waals surface area contributed by atoms with E-state index in [9.17, 15) is 0 Å². The number of guanidine groups is 1. The number of hydrogen-bond donors (Lipinski definition) is 2. The van der Waals surface area contributed by atoms with Crippen molar-refractivity contribution in [2.24, 2.45) is 4.99 Å². The molecule has 3 heterocycles. The zero-order valence-electron chi connectivity index (χ0n) is 16.2. The molecular formula is C19H27IN6S. The molecule has 3 aromatic heterocycles. The molecule has 0 bridgehead atoms. The van der Waals surface area contributed by atoms with Crippen LogP contribution in [0.1, 0.15) is 33.8 Å². The molecule has 0 amide bonds. The minimum absolute atomic E-state index is 0. The summed E-state index contributed by atoms with van der Waals surface area (Å²) in [7, 11) is 0. The monoisotopic (exact) mass is 498 g/mol. The summed E-state index contributed by atoms with van der Waals surface area (Å²) >= 11 is 1.71. The average molecular weight is 498 g/mol. The largest absolute Gasteiger partial charge is 0.357 e. The Morgan fingerprint density at radius 1 is 1.22 bits per heavy atom. The molecule has 2 N–H and O–H groups in total. The zero-order chi connectivity index (χ0) is 18.5.